The van der Waals surface area contributed by atoms with E-state index in [4.69, 9.17) is 19.9 Å². The summed E-state index contributed by atoms with van der Waals surface area (Å²) in [6.45, 7) is 6.31. The van der Waals surface area contributed by atoms with Crippen molar-refractivity contribution in [1.29, 1.82) is 0 Å². The van der Waals surface area contributed by atoms with Crippen molar-refractivity contribution in [1.82, 2.24) is 5.01 Å². The molecule has 2 atom stereocenters. The highest BCUT2D eigenvalue weighted by Gasteiger charge is 2.33. The standard InChI is InChI=1S/C17H26N4O4/c1-3-5-6-10-23-17(22)24-11-13-8-9-15(25-13)21-14(7-4-2)16(18)19-12-20-21/h4,7,12-13,15H,2-3,5-6,8-11H2,1H3,(H2,18,19,20)/b14-7-. The molecule has 2 aliphatic rings. The minimum atomic E-state index is -0.650. The number of carbonyl (C=O) groups excluding carboxylic acids is 1. The van der Waals surface area contributed by atoms with Gasteiger partial charge in [-0.2, -0.15) is 5.10 Å². The number of hydrogen-bond donors (Lipinski definition) is 1. The van der Waals surface area contributed by atoms with Crippen molar-refractivity contribution in [2.75, 3.05) is 13.2 Å². The number of unbranched alkanes of at least 4 members (excludes halogenated alkanes) is 2. The molecule has 8 nitrogen and oxygen atoms in total. The molecule has 0 spiro atoms. The first-order valence-electron chi connectivity index (χ1n) is 8.58. The molecule has 1 fully saturated rings. The Bertz CT molecular complexity index is 559. The molecule has 0 aromatic rings. The summed E-state index contributed by atoms with van der Waals surface area (Å²) in [5.74, 6) is 0.355. The topological polar surface area (TPSA) is 98.7 Å². The van der Waals surface area contributed by atoms with Crippen LogP contribution in [0.5, 0.6) is 0 Å². The summed E-state index contributed by atoms with van der Waals surface area (Å²) in [5.41, 5.74) is 6.52. The normalized spacial score (nSPS) is 24.3. The van der Waals surface area contributed by atoms with Crippen molar-refractivity contribution in [2.24, 2.45) is 15.8 Å². The fraction of sp³-hybridized carbons (Fsp3) is 0.588. The van der Waals surface area contributed by atoms with Gasteiger partial charge in [0.2, 0.25) is 0 Å². The van der Waals surface area contributed by atoms with Gasteiger partial charge in [0.25, 0.3) is 0 Å². The predicted octanol–water partition coefficient (Wildman–Crippen LogP) is 2.52. The van der Waals surface area contributed by atoms with E-state index < -0.39 is 6.16 Å². The summed E-state index contributed by atoms with van der Waals surface area (Å²) in [6, 6.07) is 0. The van der Waals surface area contributed by atoms with Crippen LogP contribution in [0.4, 0.5) is 4.79 Å². The molecule has 0 aromatic carbocycles. The molecule has 2 N–H and O–H groups in total. The Morgan fingerprint density at radius 1 is 1.48 bits per heavy atom. The van der Waals surface area contributed by atoms with Gasteiger partial charge in [-0.25, -0.2) is 14.8 Å². The minimum absolute atomic E-state index is 0.157. The molecule has 2 heterocycles. The Labute approximate surface area is 148 Å². The largest absolute Gasteiger partial charge is 0.508 e. The van der Waals surface area contributed by atoms with Gasteiger partial charge in [-0.3, -0.25) is 0 Å². The van der Waals surface area contributed by atoms with E-state index in [0.717, 1.165) is 32.1 Å². The van der Waals surface area contributed by atoms with Crippen molar-refractivity contribution < 1.29 is 19.0 Å². The van der Waals surface area contributed by atoms with Gasteiger partial charge in [0.05, 0.1) is 12.7 Å². The smallest absolute Gasteiger partial charge is 0.434 e. The zero-order valence-corrected chi connectivity index (χ0v) is 14.6. The van der Waals surface area contributed by atoms with Crippen LogP contribution in [0.25, 0.3) is 0 Å². The molecule has 2 rings (SSSR count). The Morgan fingerprint density at radius 2 is 2.32 bits per heavy atom. The van der Waals surface area contributed by atoms with Gasteiger partial charge in [0, 0.05) is 0 Å². The quantitative estimate of drug-likeness (QED) is 0.533. The zero-order chi connectivity index (χ0) is 18.1. The van der Waals surface area contributed by atoms with Gasteiger partial charge < -0.3 is 19.9 Å². The number of hydrazone groups is 1. The lowest BCUT2D eigenvalue weighted by molar-refractivity contribution is -0.0613. The van der Waals surface area contributed by atoms with E-state index in [0.29, 0.717) is 18.1 Å². The second-order valence-corrected chi connectivity index (χ2v) is 5.78. The highest BCUT2D eigenvalue weighted by atomic mass is 16.7. The third-order valence-electron chi connectivity index (χ3n) is 3.87. The van der Waals surface area contributed by atoms with Crippen LogP contribution in [0, 0.1) is 0 Å². The van der Waals surface area contributed by atoms with E-state index in [1.54, 1.807) is 17.2 Å². The molecule has 138 valence electrons. The molecule has 0 bridgehead atoms. The van der Waals surface area contributed by atoms with Crippen molar-refractivity contribution >= 4 is 18.3 Å². The fourth-order valence-electron chi connectivity index (χ4n) is 2.59. The van der Waals surface area contributed by atoms with Gasteiger partial charge in [-0.05, 0) is 25.3 Å². The summed E-state index contributed by atoms with van der Waals surface area (Å²) in [6.07, 6.45) is 8.04. The number of allylic oxidation sites excluding steroid dienone is 2. The molecule has 25 heavy (non-hydrogen) atoms. The van der Waals surface area contributed by atoms with Crippen molar-refractivity contribution in [3.05, 3.63) is 24.4 Å². The number of nitrogens with two attached hydrogens (primary N) is 1. The van der Waals surface area contributed by atoms with Crippen molar-refractivity contribution in [3.63, 3.8) is 0 Å². The lowest BCUT2D eigenvalue weighted by atomic mass is 10.2. The molecule has 0 saturated carbocycles. The van der Waals surface area contributed by atoms with E-state index in [1.807, 2.05) is 0 Å². The first-order valence-corrected chi connectivity index (χ1v) is 8.58. The third kappa shape index (κ3) is 5.60. The Morgan fingerprint density at radius 3 is 3.08 bits per heavy atom. The highest BCUT2D eigenvalue weighted by Crippen LogP contribution is 2.27. The summed E-state index contributed by atoms with van der Waals surface area (Å²) in [4.78, 5) is 15.5. The minimum Gasteiger partial charge on any atom is -0.434 e. The lowest BCUT2D eigenvalue weighted by Gasteiger charge is -2.29. The number of ether oxygens (including phenoxy) is 3. The maximum Gasteiger partial charge on any atom is 0.508 e. The highest BCUT2D eigenvalue weighted by molar-refractivity contribution is 6.01. The maximum atomic E-state index is 11.5. The number of amidine groups is 1. The fourth-order valence-corrected chi connectivity index (χ4v) is 2.59. The van der Waals surface area contributed by atoms with Crippen molar-refractivity contribution in [3.8, 4) is 0 Å². The van der Waals surface area contributed by atoms with E-state index in [9.17, 15) is 4.79 Å². The number of nitrogens with zero attached hydrogens (tertiary/aromatic N) is 3. The summed E-state index contributed by atoms with van der Waals surface area (Å²) in [5, 5.41) is 5.89. The molecule has 0 amide bonds. The molecule has 1 saturated heterocycles. The van der Waals surface area contributed by atoms with Gasteiger partial charge in [-0.15, -0.1) is 0 Å². The molecular weight excluding hydrogens is 324 g/mol. The number of aliphatic imine (C=N–C) groups is 1. The first-order chi connectivity index (χ1) is 12.2. The first kappa shape index (κ1) is 19.0. The molecular formula is C17H26N4O4. The summed E-state index contributed by atoms with van der Waals surface area (Å²) in [7, 11) is 0. The Balaban J connectivity index is 1.77. The average Bonchev–Trinajstić information content (AvgIpc) is 3.08. The van der Waals surface area contributed by atoms with Crippen LogP contribution in [0.2, 0.25) is 0 Å². The molecule has 2 unspecified atom stereocenters. The SMILES string of the molecule is C=C/C=C1/C(N)=NC=NN1C1CCC(COC(=O)OCCCCC)O1. The van der Waals surface area contributed by atoms with Crippen LogP contribution < -0.4 is 5.73 Å². The van der Waals surface area contributed by atoms with Crippen LogP contribution in [0.15, 0.2) is 34.5 Å². The molecule has 0 radical (unpaired) electrons. The van der Waals surface area contributed by atoms with E-state index >= 15 is 0 Å². The van der Waals surface area contributed by atoms with E-state index in [2.05, 4.69) is 23.6 Å². The van der Waals surface area contributed by atoms with Crippen LogP contribution in [-0.4, -0.2) is 48.9 Å². The van der Waals surface area contributed by atoms with Gasteiger partial charge in [0.15, 0.2) is 12.1 Å². The second-order valence-electron chi connectivity index (χ2n) is 5.78. The van der Waals surface area contributed by atoms with Gasteiger partial charge in [-0.1, -0.05) is 32.4 Å². The van der Waals surface area contributed by atoms with Crippen LogP contribution in [0.3, 0.4) is 0 Å². The predicted molar refractivity (Wildman–Crippen MR) is 95.0 cm³/mol. The monoisotopic (exact) mass is 350 g/mol. The van der Waals surface area contributed by atoms with E-state index in [1.165, 1.54) is 6.34 Å². The van der Waals surface area contributed by atoms with Crippen molar-refractivity contribution in [2.45, 2.75) is 51.4 Å². The van der Waals surface area contributed by atoms with E-state index in [-0.39, 0.29) is 18.9 Å². The van der Waals surface area contributed by atoms with Gasteiger partial charge >= 0.3 is 6.16 Å². The second kappa shape index (κ2) is 9.83. The number of hydrogen-bond acceptors (Lipinski definition) is 8. The van der Waals surface area contributed by atoms with Gasteiger partial charge in [0.1, 0.15) is 18.6 Å². The molecule has 0 aliphatic carbocycles. The lowest BCUT2D eigenvalue weighted by Crippen LogP contribution is -2.38. The van der Waals surface area contributed by atoms with Crippen LogP contribution in [-0.2, 0) is 14.2 Å². The molecule has 8 heteroatoms. The zero-order valence-electron chi connectivity index (χ0n) is 14.6. The maximum absolute atomic E-state index is 11.5. The molecule has 2 aliphatic heterocycles. The Hall–Kier alpha value is -2.35. The number of carbonyl (C=O) groups is 1. The average molecular weight is 350 g/mol. The number of rotatable bonds is 8. The Kier molecular flexibility index (Phi) is 7.46. The van der Waals surface area contributed by atoms with Crippen LogP contribution >= 0.6 is 0 Å². The summed E-state index contributed by atoms with van der Waals surface area (Å²) < 4.78 is 16.0. The molecule has 0 aromatic heterocycles. The third-order valence-corrected chi connectivity index (χ3v) is 3.87. The summed E-state index contributed by atoms with van der Waals surface area (Å²) >= 11 is 0. The van der Waals surface area contributed by atoms with Crippen LogP contribution in [0.1, 0.15) is 39.0 Å².